The number of nitrogens with zero attached hydrogens (tertiary/aromatic N) is 2. The second-order valence-corrected chi connectivity index (χ2v) is 8.14. The fraction of sp³-hybridized carbons (Fsp3) is 0.462. The molecule has 1 atom stereocenters. The van der Waals surface area contributed by atoms with E-state index in [1.165, 1.54) is 12.7 Å². The molecule has 6 heteroatoms. The van der Waals surface area contributed by atoms with Crippen molar-refractivity contribution >= 4 is 16.9 Å². The van der Waals surface area contributed by atoms with Crippen molar-refractivity contribution in [3.8, 4) is 5.75 Å². The number of aromatic nitrogens is 2. The lowest BCUT2D eigenvalue weighted by molar-refractivity contribution is -0.124. The van der Waals surface area contributed by atoms with Gasteiger partial charge in [0.2, 0.25) is 5.91 Å². The zero-order valence-electron chi connectivity index (χ0n) is 19.5. The summed E-state index contributed by atoms with van der Waals surface area (Å²) in [6.45, 7) is 6.65. The summed E-state index contributed by atoms with van der Waals surface area (Å²) in [5.41, 5.74) is 3.48. The number of ether oxygens (including phenoxy) is 2. The lowest BCUT2D eigenvalue weighted by atomic mass is 9.99. The summed E-state index contributed by atoms with van der Waals surface area (Å²) < 4.78 is 13.1. The van der Waals surface area contributed by atoms with Crippen LogP contribution in [-0.4, -0.2) is 42.3 Å². The largest absolute Gasteiger partial charge is 0.494 e. The minimum absolute atomic E-state index is 0.0801. The summed E-state index contributed by atoms with van der Waals surface area (Å²) in [6.07, 6.45) is 3.78. The Kier molecular flexibility index (Phi) is 9.11. The fourth-order valence-corrected chi connectivity index (χ4v) is 3.75. The van der Waals surface area contributed by atoms with E-state index in [1.54, 1.807) is 0 Å². The van der Waals surface area contributed by atoms with Gasteiger partial charge in [-0.25, -0.2) is 4.98 Å². The Morgan fingerprint density at radius 1 is 1.12 bits per heavy atom. The van der Waals surface area contributed by atoms with Crippen molar-refractivity contribution in [3.05, 3.63) is 59.9 Å². The van der Waals surface area contributed by atoms with Gasteiger partial charge in [-0.3, -0.25) is 4.79 Å². The summed E-state index contributed by atoms with van der Waals surface area (Å²) in [4.78, 5) is 16.4. The summed E-state index contributed by atoms with van der Waals surface area (Å²) >= 11 is 0. The molecule has 1 N–H and O–H groups in total. The van der Waals surface area contributed by atoms with E-state index in [9.17, 15) is 4.79 Å². The van der Waals surface area contributed by atoms with Crippen molar-refractivity contribution in [2.75, 3.05) is 26.9 Å². The van der Waals surface area contributed by atoms with Crippen molar-refractivity contribution in [2.45, 2.75) is 52.0 Å². The van der Waals surface area contributed by atoms with Crippen LogP contribution in [0.2, 0.25) is 0 Å². The van der Waals surface area contributed by atoms with E-state index < -0.39 is 0 Å². The minimum Gasteiger partial charge on any atom is -0.494 e. The van der Waals surface area contributed by atoms with Gasteiger partial charge in [0.05, 0.1) is 17.6 Å². The van der Waals surface area contributed by atoms with Crippen LogP contribution in [0.4, 0.5) is 0 Å². The summed E-state index contributed by atoms with van der Waals surface area (Å²) in [5.74, 6) is 2.39. The summed E-state index contributed by atoms with van der Waals surface area (Å²) in [5, 5.41) is 2.88. The molecule has 172 valence electrons. The topological polar surface area (TPSA) is 65.4 Å². The van der Waals surface area contributed by atoms with Gasteiger partial charge in [0, 0.05) is 26.6 Å². The number of unbranched alkanes of at least 4 members (excludes halogenated alkanes) is 1. The maximum Gasteiger partial charge on any atom is 0.245 e. The lowest BCUT2D eigenvalue weighted by Gasteiger charge is -2.12. The molecule has 0 aliphatic heterocycles. The standard InChI is InChI=1S/C26H35N3O3/c1-4-20(2)21-11-13-22(14-12-21)32-18-8-7-17-29-24-10-6-5-9-23(24)28-25(29)15-16-27-26(30)19-31-3/h5-6,9-14,20H,4,7-8,15-19H2,1-3H3,(H,27,30). The number of hydrogen-bond donors (Lipinski definition) is 1. The van der Waals surface area contributed by atoms with Gasteiger partial charge in [-0.15, -0.1) is 0 Å². The molecule has 0 aliphatic carbocycles. The Morgan fingerprint density at radius 3 is 2.66 bits per heavy atom. The highest BCUT2D eigenvalue weighted by Crippen LogP contribution is 2.22. The second-order valence-electron chi connectivity index (χ2n) is 8.14. The second kappa shape index (κ2) is 12.2. The van der Waals surface area contributed by atoms with Gasteiger partial charge < -0.3 is 19.4 Å². The number of carbonyl (C=O) groups is 1. The third-order valence-corrected chi connectivity index (χ3v) is 5.79. The number of hydrogen-bond acceptors (Lipinski definition) is 4. The molecular formula is C26H35N3O3. The van der Waals surface area contributed by atoms with Crippen LogP contribution in [0, 0.1) is 0 Å². The van der Waals surface area contributed by atoms with Gasteiger partial charge in [-0.05, 0) is 55.0 Å². The molecule has 0 aliphatic rings. The quantitative estimate of drug-likeness (QED) is 0.393. The molecule has 2 aromatic carbocycles. The molecular weight excluding hydrogens is 402 g/mol. The lowest BCUT2D eigenvalue weighted by Crippen LogP contribution is -2.29. The number of amides is 1. The van der Waals surface area contributed by atoms with Gasteiger partial charge in [-0.2, -0.15) is 0 Å². The van der Waals surface area contributed by atoms with Crippen molar-refractivity contribution in [1.29, 1.82) is 0 Å². The first-order chi connectivity index (χ1) is 15.6. The normalized spacial score (nSPS) is 12.1. The van der Waals surface area contributed by atoms with E-state index in [-0.39, 0.29) is 12.5 Å². The van der Waals surface area contributed by atoms with Crippen molar-refractivity contribution < 1.29 is 14.3 Å². The molecule has 0 saturated carbocycles. The Labute approximate surface area is 190 Å². The Morgan fingerprint density at radius 2 is 1.91 bits per heavy atom. The molecule has 1 aromatic heterocycles. The van der Waals surface area contributed by atoms with Crippen molar-refractivity contribution in [2.24, 2.45) is 0 Å². The molecule has 0 fully saturated rings. The molecule has 0 saturated heterocycles. The van der Waals surface area contributed by atoms with Gasteiger partial charge in [-0.1, -0.05) is 38.1 Å². The molecule has 1 amide bonds. The van der Waals surface area contributed by atoms with Crippen LogP contribution in [0.25, 0.3) is 11.0 Å². The maximum atomic E-state index is 11.6. The van der Waals surface area contributed by atoms with Crippen LogP contribution in [-0.2, 0) is 22.5 Å². The minimum atomic E-state index is -0.107. The molecule has 3 aromatic rings. The molecule has 0 bridgehead atoms. The Balaban J connectivity index is 1.51. The highest BCUT2D eigenvalue weighted by atomic mass is 16.5. The zero-order chi connectivity index (χ0) is 22.8. The highest BCUT2D eigenvalue weighted by molar-refractivity contribution is 5.77. The van der Waals surface area contributed by atoms with Crippen molar-refractivity contribution in [3.63, 3.8) is 0 Å². The number of nitrogens with one attached hydrogen (secondary N) is 1. The maximum absolute atomic E-state index is 11.6. The monoisotopic (exact) mass is 437 g/mol. The molecule has 1 unspecified atom stereocenters. The fourth-order valence-electron chi connectivity index (χ4n) is 3.75. The molecule has 1 heterocycles. The van der Waals surface area contributed by atoms with Crippen LogP contribution in [0.1, 0.15) is 50.4 Å². The summed E-state index contributed by atoms with van der Waals surface area (Å²) in [7, 11) is 1.52. The highest BCUT2D eigenvalue weighted by Gasteiger charge is 2.11. The van der Waals surface area contributed by atoms with E-state index in [2.05, 4.69) is 54.1 Å². The zero-order valence-corrected chi connectivity index (χ0v) is 19.5. The van der Waals surface area contributed by atoms with Crippen LogP contribution in [0.15, 0.2) is 48.5 Å². The average molecular weight is 438 g/mol. The van der Waals surface area contributed by atoms with E-state index in [4.69, 9.17) is 14.5 Å². The first-order valence-electron chi connectivity index (χ1n) is 11.5. The first kappa shape index (κ1) is 23.8. The smallest absolute Gasteiger partial charge is 0.245 e. The third-order valence-electron chi connectivity index (χ3n) is 5.79. The number of aryl methyl sites for hydroxylation is 1. The van der Waals surface area contributed by atoms with E-state index in [0.717, 1.165) is 48.4 Å². The SMILES string of the molecule is CCC(C)c1ccc(OCCCCn2c(CCNC(=O)COC)nc3ccccc32)cc1. The van der Waals surface area contributed by atoms with Crippen molar-refractivity contribution in [1.82, 2.24) is 14.9 Å². The predicted molar refractivity (Wildman–Crippen MR) is 128 cm³/mol. The Hall–Kier alpha value is -2.86. The number of fused-ring (bicyclic) bond motifs is 1. The van der Waals surface area contributed by atoms with Crippen LogP contribution in [0.5, 0.6) is 5.75 Å². The van der Waals surface area contributed by atoms with E-state index >= 15 is 0 Å². The summed E-state index contributed by atoms with van der Waals surface area (Å²) in [6, 6.07) is 16.6. The molecule has 0 radical (unpaired) electrons. The molecule has 0 spiro atoms. The number of benzene rings is 2. The van der Waals surface area contributed by atoms with E-state index in [0.29, 0.717) is 25.5 Å². The van der Waals surface area contributed by atoms with Crippen LogP contribution < -0.4 is 10.1 Å². The number of carbonyl (C=O) groups excluding carboxylic acids is 1. The van der Waals surface area contributed by atoms with Gasteiger partial charge in [0.15, 0.2) is 0 Å². The van der Waals surface area contributed by atoms with E-state index in [1.807, 2.05) is 18.2 Å². The number of methoxy groups -OCH3 is 1. The van der Waals surface area contributed by atoms with Crippen LogP contribution >= 0.6 is 0 Å². The first-order valence-corrected chi connectivity index (χ1v) is 11.5. The molecule has 6 nitrogen and oxygen atoms in total. The third kappa shape index (κ3) is 6.57. The number of rotatable bonds is 13. The number of para-hydroxylation sites is 2. The van der Waals surface area contributed by atoms with Gasteiger partial charge in [0.25, 0.3) is 0 Å². The van der Waals surface area contributed by atoms with Gasteiger partial charge in [0.1, 0.15) is 18.2 Å². The molecule has 32 heavy (non-hydrogen) atoms. The number of imidazole rings is 1. The average Bonchev–Trinajstić information content (AvgIpc) is 3.16. The van der Waals surface area contributed by atoms with Crippen LogP contribution in [0.3, 0.4) is 0 Å². The molecule has 3 rings (SSSR count). The predicted octanol–water partition coefficient (Wildman–Crippen LogP) is 4.71. The van der Waals surface area contributed by atoms with Gasteiger partial charge >= 0.3 is 0 Å². The Bertz CT molecular complexity index is 982.